The maximum atomic E-state index is 10.2. The van der Waals surface area contributed by atoms with Crippen LogP contribution in [0.15, 0.2) is 0 Å². The van der Waals surface area contributed by atoms with Gasteiger partial charge in [0.1, 0.15) is 0 Å². The van der Waals surface area contributed by atoms with Crippen LogP contribution in [-0.2, 0) is 9.90 Å². The molecule has 0 fully saturated rings. The van der Waals surface area contributed by atoms with Gasteiger partial charge < -0.3 is 0 Å². The summed E-state index contributed by atoms with van der Waals surface area (Å²) in [6.07, 6.45) is 21.3. The van der Waals surface area contributed by atoms with Crippen molar-refractivity contribution in [3.63, 3.8) is 0 Å². The van der Waals surface area contributed by atoms with Crippen molar-refractivity contribution in [1.29, 1.82) is 0 Å². The lowest BCUT2D eigenvalue weighted by atomic mass is 10.0. The summed E-state index contributed by atoms with van der Waals surface area (Å²) in [6, 6.07) is 0. The smallest absolute Gasteiger partial charge is 0.247 e. The summed E-state index contributed by atoms with van der Waals surface area (Å²) in [5.74, 6) is -0.902. The fourth-order valence-electron chi connectivity index (χ4n) is 2.82. The Bertz CT molecular complexity index is 214. The molecule has 0 heterocycles. The predicted octanol–water partition coefficient (Wildman–Crippen LogP) is 6.60. The predicted molar refractivity (Wildman–Crippen MR) is 89.9 cm³/mol. The van der Waals surface area contributed by atoms with Gasteiger partial charge in [-0.1, -0.05) is 103 Å². The number of hydrogen-bond donors (Lipinski definition) is 0. The number of hydrogen-bond acceptors (Lipinski definition) is 1. The molecule has 0 aromatic rings. The van der Waals surface area contributed by atoms with E-state index in [-0.39, 0.29) is 6.42 Å². The molecule has 0 bridgehead atoms. The van der Waals surface area contributed by atoms with E-state index in [0.717, 1.165) is 12.8 Å². The minimum atomic E-state index is -0.902. The molecule has 1 radical (unpaired) electrons. The highest BCUT2D eigenvalue weighted by Gasteiger charge is 1.98. The molecule has 0 atom stereocenters. The zero-order valence-electron chi connectivity index (χ0n) is 14.3. The third-order valence-corrected chi connectivity index (χ3v) is 4.23. The van der Waals surface area contributed by atoms with Crippen molar-refractivity contribution in [2.24, 2.45) is 0 Å². The minimum absolute atomic E-state index is 0.235. The van der Waals surface area contributed by atoms with Gasteiger partial charge in [0.05, 0.1) is 6.42 Å². The van der Waals surface area contributed by atoms with Gasteiger partial charge in [0, 0.05) is 0 Å². The van der Waals surface area contributed by atoms with E-state index < -0.39 is 5.97 Å². The van der Waals surface area contributed by atoms with Gasteiger partial charge in [-0.25, -0.2) is 9.90 Å². The summed E-state index contributed by atoms with van der Waals surface area (Å²) < 4.78 is 0. The Morgan fingerprint density at radius 3 is 1.10 bits per heavy atom. The third-order valence-electron chi connectivity index (χ3n) is 4.23. The summed E-state index contributed by atoms with van der Waals surface area (Å²) in [4.78, 5) is 10.2. The van der Waals surface area contributed by atoms with Gasteiger partial charge in [0.25, 0.3) is 0 Å². The molecule has 0 aromatic heterocycles. The highest BCUT2D eigenvalue weighted by atomic mass is 16.4. The first-order valence-electron chi connectivity index (χ1n) is 9.47. The standard InChI is InChI=1S/C19H37O2/c1-2-3-4-5-6-7-8-9-10-11-12-13-14-15-16-17-18-19(20)21/h2-18H2,1H3. The number of unbranched alkanes of at least 4 members (excludes halogenated alkanes) is 15. The summed E-state index contributed by atoms with van der Waals surface area (Å²) in [7, 11) is 0. The van der Waals surface area contributed by atoms with Crippen molar-refractivity contribution in [3.8, 4) is 0 Å². The van der Waals surface area contributed by atoms with Crippen molar-refractivity contribution in [2.45, 2.75) is 116 Å². The summed E-state index contributed by atoms with van der Waals surface area (Å²) >= 11 is 0. The van der Waals surface area contributed by atoms with Crippen LogP contribution in [0.1, 0.15) is 116 Å². The highest BCUT2D eigenvalue weighted by molar-refractivity contribution is 5.66. The Labute approximate surface area is 132 Å². The van der Waals surface area contributed by atoms with Gasteiger partial charge in [0.15, 0.2) is 0 Å². The average Bonchev–Trinajstić information content (AvgIpc) is 2.46. The van der Waals surface area contributed by atoms with Crippen molar-refractivity contribution in [1.82, 2.24) is 0 Å². The number of rotatable bonds is 17. The average molecular weight is 298 g/mol. The molecule has 0 aliphatic carbocycles. The maximum Gasteiger partial charge on any atom is 0.355 e. The van der Waals surface area contributed by atoms with Gasteiger partial charge in [-0.3, -0.25) is 0 Å². The summed E-state index contributed by atoms with van der Waals surface area (Å²) in [5.41, 5.74) is 0. The molecular formula is C19H37O2. The van der Waals surface area contributed by atoms with E-state index in [1.54, 1.807) is 0 Å². The van der Waals surface area contributed by atoms with Crippen LogP contribution in [0.25, 0.3) is 0 Å². The molecule has 0 saturated carbocycles. The Morgan fingerprint density at radius 1 is 0.524 bits per heavy atom. The van der Waals surface area contributed by atoms with Crippen LogP contribution in [-0.4, -0.2) is 5.97 Å². The van der Waals surface area contributed by atoms with Gasteiger partial charge in [0.2, 0.25) is 0 Å². The van der Waals surface area contributed by atoms with Crippen LogP contribution < -0.4 is 0 Å². The van der Waals surface area contributed by atoms with Crippen LogP contribution in [0.5, 0.6) is 0 Å². The zero-order chi connectivity index (χ0) is 15.6. The molecule has 0 spiro atoms. The number of carbonyl (C=O) groups excluding carboxylic acids is 1. The molecule has 0 aromatic carbocycles. The minimum Gasteiger partial charge on any atom is -0.247 e. The lowest BCUT2D eigenvalue weighted by Gasteiger charge is -2.03. The van der Waals surface area contributed by atoms with E-state index in [1.807, 2.05) is 0 Å². The Kier molecular flexibility index (Phi) is 17.1. The lowest BCUT2D eigenvalue weighted by molar-refractivity contribution is -0.143. The van der Waals surface area contributed by atoms with Crippen molar-refractivity contribution in [3.05, 3.63) is 0 Å². The van der Waals surface area contributed by atoms with Gasteiger partial charge in [-0.15, -0.1) is 0 Å². The number of carbonyl (C=O) groups is 1. The molecule has 125 valence electrons. The molecule has 2 nitrogen and oxygen atoms in total. The van der Waals surface area contributed by atoms with Crippen LogP contribution >= 0.6 is 0 Å². The Morgan fingerprint density at radius 2 is 0.810 bits per heavy atom. The van der Waals surface area contributed by atoms with E-state index in [0.29, 0.717) is 0 Å². The van der Waals surface area contributed by atoms with Crippen LogP contribution in [0.3, 0.4) is 0 Å². The quantitative estimate of drug-likeness (QED) is 0.279. The van der Waals surface area contributed by atoms with Crippen LogP contribution in [0, 0.1) is 0 Å². The van der Waals surface area contributed by atoms with Crippen LogP contribution in [0.2, 0.25) is 0 Å². The fraction of sp³-hybridized carbons (Fsp3) is 0.947. The van der Waals surface area contributed by atoms with Gasteiger partial charge >= 0.3 is 5.97 Å². The second-order valence-corrected chi connectivity index (χ2v) is 6.43. The van der Waals surface area contributed by atoms with Crippen molar-refractivity contribution >= 4 is 5.97 Å². The largest absolute Gasteiger partial charge is 0.355 e. The van der Waals surface area contributed by atoms with E-state index in [1.165, 1.54) is 89.9 Å². The summed E-state index contributed by atoms with van der Waals surface area (Å²) in [5, 5.41) is 10.2. The monoisotopic (exact) mass is 297 g/mol. The molecule has 2 heteroatoms. The van der Waals surface area contributed by atoms with Crippen molar-refractivity contribution < 1.29 is 9.90 Å². The van der Waals surface area contributed by atoms with E-state index in [4.69, 9.17) is 0 Å². The Balaban J connectivity index is 2.95. The van der Waals surface area contributed by atoms with E-state index in [9.17, 15) is 9.90 Å². The first-order chi connectivity index (χ1) is 10.3. The van der Waals surface area contributed by atoms with Crippen LogP contribution in [0.4, 0.5) is 0 Å². The van der Waals surface area contributed by atoms with E-state index >= 15 is 0 Å². The lowest BCUT2D eigenvalue weighted by Crippen LogP contribution is -1.91. The first-order valence-corrected chi connectivity index (χ1v) is 9.47. The second-order valence-electron chi connectivity index (χ2n) is 6.43. The topological polar surface area (TPSA) is 37.0 Å². The maximum absolute atomic E-state index is 10.2. The van der Waals surface area contributed by atoms with Gasteiger partial charge in [-0.05, 0) is 6.42 Å². The second kappa shape index (κ2) is 17.5. The molecule has 21 heavy (non-hydrogen) atoms. The molecule has 0 aliphatic heterocycles. The Hall–Kier alpha value is -0.530. The highest BCUT2D eigenvalue weighted by Crippen LogP contribution is 2.13. The SMILES string of the molecule is CCCCCCCCCCCCCCCCCCC([O])=O. The molecule has 0 aliphatic rings. The van der Waals surface area contributed by atoms with Crippen molar-refractivity contribution in [2.75, 3.05) is 0 Å². The molecule has 0 amide bonds. The van der Waals surface area contributed by atoms with Gasteiger partial charge in [-0.2, -0.15) is 0 Å². The normalized spacial score (nSPS) is 10.9. The fourth-order valence-corrected chi connectivity index (χ4v) is 2.82. The molecular weight excluding hydrogens is 260 g/mol. The summed E-state index contributed by atoms with van der Waals surface area (Å²) in [6.45, 7) is 2.27. The molecule has 0 N–H and O–H groups in total. The molecule has 0 rings (SSSR count). The molecule has 0 saturated heterocycles. The van der Waals surface area contributed by atoms with E-state index in [2.05, 4.69) is 6.92 Å². The third kappa shape index (κ3) is 19.5. The molecule has 0 unspecified atom stereocenters. The zero-order valence-corrected chi connectivity index (χ0v) is 14.3. The first kappa shape index (κ1) is 20.5.